The van der Waals surface area contributed by atoms with Crippen LogP contribution in [0.3, 0.4) is 0 Å². The molecule has 0 saturated heterocycles. The van der Waals surface area contributed by atoms with Crippen molar-refractivity contribution in [1.29, 1.82) is 0 Å². The van der Waals surface area contributed by atoms with Gasteiger partial charge in [0, 0.05) is 67.6 Å². The third-order valence-corrected chi connectivity index (χ3v) is 14.4. The number of halogens is 1. The Kier molecular flexibility index (Phi) is 29.7. The summed E-state index contributed by atoms with van der Waals surface area (Å²) in [6.45, 7) is 5.67. The first-order valence-electron chi connectivity index (χ1n) is 16.5. The molecular formula is C31H70ClNO6Si2. The predicted molar refractivity (Wildman–Crippen MR) is 173 cm³/mol. The monoisotopic (exact) mass is 643 g/mol. The number of quaternary nitrogens is 1. The molecule has 0 heterocycles. The van der Waals surface area contributed by atoms with Crippen LogP contribution < -0.4 is 12.4 Å². The summed E-state index contributed by atoms with van der Waals surface area (Å²) in [7, 11) is 7.54. The standard InChI is InChI=1S/C31H70NO6Si2.ClH/c1-9-10-11-12-13-14-15-16-17-18-19-20-21-22-23-24-27-32(2,28-25-30-39(33-3,34-4)35-5)29-26-31-40(36-6,37-7)38-8;/h9-31H2,1-8H3;1H/q+1;/p-1. The quantitative estimate of drug-likeness (QED) is 0.0586. The summed E-state index contributed by atoms with van der Waals surface area (Å²) in [5, 5.41) is 0. The molecule has 0 atom stereocenters. The van der Waals surface area contributed by atoms with Crippen molar-refractivity contribution in [3.8, 4) is 0 Å². The van der Waals surface area contributed by atoms with Crippen molar-refractivity contribution >= 4 is 17.6 Å². The van der Waals surface area contributed by atoms with E-state index in [1.807, 2.05) is 0 Å². The van der Waals surface area contributed by atoms with Crippen molar-refractivity contribution in [3.63, 3.8) is 0 Å². The molecule has 7 nitrogen and oxygen atoms in total. The van der Waals surface area contributed by atoms with E-state index in [1.54, 1.807) is 42.7 Å². The molecule has 250 valence electrons. The topological polar surface area (TPSA) is 55.4 Å². The minimum Gasteiger partial charge on any atom is -1.00 e. The fourth-order valence-electron chi connectivity index (χ4n) is 5.84. The molecule has 0 amide bonds. The molecule has 0 rings (SSSR count). The fourth-order valence-corrected chi connectivity index (χ4v) is 9.25. The van der Waals surface area contributed by atoms with E-state index < -0.39 is 17.6 Å². The fraction of sp³-hybridized carbons (Fsp3) is 1.00. The van der Waals surface area contributed by atoms with Crippen molar-refractivity contribution in [3.05, 3.63) is 0 Å². The average molecular weight is 645 g/mol. The van der Waals surface area contributed by atoms with Crippen molar-refractivity contribution in [2.45, 2.75) is 135 Å². The summed E-state index contributed by atoms with van der Waals surface area (Å²) >= 11 is 0. The molecular weight excluding hydrogens is 574 g/mol. The van der Waals surface area contributed by atoms with E-state index in [2.05, 4.69) is 14.0 Å². The second kappa shape index (κ2) is 28.0. The molecule has 0 aliphatic rings. The van der Waals surface area contributed by atoms with Gasteiger partial charge in [0.2, 0.25) is 0 Å². The van der Waals surface area contributed by atoms with Crippen LogP contribution in [0.1, 0.15) is 122 Å². The Hall–Kier alpha value is 0.444. The summed E-state index contributed by atoms with van der Waals surface area (Å²) < 4.78 is 35.0. The summed E-state index contributed by atoms with van der Waals surface area (Å²) in [6.07, 6.45) is 24.5. The Morgan fingerprint density at radius 2 is 0.634 bits per heavy atom. The van der Waals surface area contributed by atoms with E-state index in [-0.39, 0.29) is 12.4 Å². The van der Waals surface area contributed by atoms with Gasteiger partial charge in [0.1, 0.15) is 0 Å². The molecule has 0 bridgehead atoms. The normalized spacial score (nSPS) is 12.6. The zero-order chi connectivity index (χ0) is 30.0. The van der Waals surface area contributed by atoms with Gasteiger partial charge in [-0.1, -0.05) is 96.8 Å². The molecule has 0 aromatic carbocycles. The van der Waals surface area contributed by atoms with Crippen LogP contribution in [0.25, 0.3) is 0 Å². The molecule has 0 aromatic heterocycles. The first-order chi connectivity index (χ1) is 19.3. The van der Waals surface area contributed by atoms with Crippen molar-refractivity contribution in [2.24, 2.45) is 0 Å². The number of hydrogen-bond acceptors (Lipinski definition) is 6. The summed E-state index contributed by atoms with van der Waals surface area (Å²) in [5.74, 6) is 0. The van der Waals surface area contributed by atoms with Gasteiger partial charge in [-0.2, -0.15) is 0 Å². The maximum atomic E-state index is 5.66. The summed E-state index contributed by atoms with van der Waals surface area (Å²) in [5.41, 5.74) is 0. The molecule has 0 radical (unpaired) electrons. The lowest BCUT2D eigenvalue weighted by Crippen LogP contribution is -3.00. The van der Waals surface area contributed by atoms with E-state index in [9.17, 15) is 0 Å². The molecule has 0 unspecified atom stereocenters. The summed E-state index contributed by atoms with van der Waals surface area (Å²) in [4.78, 5) is 0. The number of rotatable bonds is 31. The second-order valence-electron chi connectivity index (χ2n) is 11.9. The Morgan fingerprint density at radius 3 is 0.902 bits per heavy atom. The first kappa shape index (κ1) is 43.6. The zero-order valence-electron chi connectivity index (χ0n) is 28.5. The lowest BCUT2D eigenvalue weighted by atomic mass is 10.0. The van der Waals surface area contributed by atoms with Crippen LogP contribution >= 0.6 is 0 Å². The number of hydrogen-bond donors (Lipinski definition) is 0. The number of nitrogens with zero attached hydrogens (tertiary/aromatic N) is 1. The van der Waals surface area contributed by atoms with E-state index in [1.165, 1.54) is 109 Å². The van der Waals surface area contributed by atoms with Gasteiger partial charge in [0.05, 0.1) is 26.7 Å². The Balaban J connectivity index is 0. The molecule has 0 aliphatic carbocycles. The molecule has 0 saturated carbocycles. The van der Waals surface area contributed by atoms with Gasteiger partial charge >= 0.3 is 17.6 Å². The molecule has 0 fully saturated rings. The van der Waals surface area contributed by atoms with Gasteiger partial charge in [-0.3, -0.25) is 0 Å². The van der Waals surface area contributed by atoms with E-state index in [0.717, 1.165) is 42.5 Å². The Bertz CT molecular complexity index is 514. The van der Waals surface area contributed by atoms with E-state index in [4.69, 9.17) is 26.6 Å². The van der Waals surface area contributed by atoms with E-state index in [0.29, 0.717) is 0 Å². The summed E-state index contributed by atoms with van der Waals surface area (Å²) in [6, 6.07) is 1.69. The van der Waals surface area contributed by atoms with Gasteiger partial charge in [0.25, 0.3) is 0 Å². The van der Waals surface area contributed by atoms with Gasteiger partial charge in [-0.05, 0) is 12.8 Å². The minimum atomic E-state index is -2.54. The van der Waals surface area contributed by atoms with Crippen LogP contribution in [0, 0.1) is 0 Å². The Labute approximate surface area is 264 Å². The van der Waals surface area contributed by atoms with Crippen molar-refractivity contribution < 1.29 is 43.4 Å². The molecule has 0 N–H and O–H groups in total. The lowest BCUT2D eigenvalue weighted by Gasteiger charge is -2.36. The first-order valence-corrected chi connectivity index (χ1v) is 20.3. The largest absolute Gasteiger partial charge is 1.00 e. The second-order valence-corrected chi connectivity index (χ2v) is 18.1. The highest BCUT2D eigenvalue weighted by Gasteiger charge is 2.40. The lowest BCUT2D eigenvalue weighted by molar-refractivity contribution is -0.909. The molecule has 0 spiro atoms. The van der Waals surface area contributed by atoms with Crippen LogP contribution in [0.2, 0.25) is 12.1 Å². The highest BCUT2D eigenvalue weighted by atomic mass is 35.5. The van der Waals surface area contributed by atoms with E-state index >= 15 is 0 Å². The maximum absolute atomic E-state index is 5.66. The van der Waals surface area contributed by atoms with Crippen molar-refractivity contribution in [2.75, 3.05) is 69.3 Å². The number of unbranched alkanes of at least 4 members (excludes halogenated alkanes) is 15. The smallest absolute Gasteiger partial charge is 0.500 e. The Morgan fingerprint density at radius 1 is 0.390 bits per heavy atom. The highest BCUT2D eigenvalue weighted by Crippen LogP contribution is 2.22. The van der Waals surface area contributed by atoms with Crippen LogP contribution in [0.15, 0.2) is 0 Å². The van der Waals surface area contributed by atoms with Crippen LogP contribution in [0.4, 0.5) is 0 Å². The molecule has 41 heavy (non-hydrogen) atoms. The van der Waals surface area contributed by atoms with Gasteiger partial charge in [-0.25, -0.2) is 0 Å². The van der Waals surface area contributed by atoms with Gasteiger partial charge in [-0.15, -0.1) is 0 Å². The van der Waals surface area contributed by atoms with Crippen molar-refractivity contribution in [1.82, 2.24) is 0 Å². The van der Waals surface area contributed by atoms with Crippen LogP contribution in [0.5, 0.6) is 0 Å². The van der Waals surface area contributed by atoms with Gasteiger partial charge in [0.15, 0.2) is 0 Å². The third-order valence-electron chi connectivity index (χ3n) is 8.78. The third kappa shape index (κ3) is 20.9. The molecule has 0 aliphatic heterocycles. The average Bonchev–Trinajstić information content (AvgIpc) is 2.98. The minimum absolute atomic E-state index is 0. The maximum Gasteiger partial charge on any atom is 0.500 e. The van der Waals surface area contributed by atoms with Crippen LogP contribution in [-0.4, -0.2) is 91.4 Å². The molecule has 0 aromatic rings. The van der Waals surface area contributed by atoms with Gasteiger partial charge < -0.3 is 43.4 Å². The molecule has 10 heteroatoms. The zero-order valence-corrected chi connectivity index (χ0v) is 31.3. The highest BCUT2D eigenvalue weighted by molar-refractivity contribution is 6.60. The SMILES string of the molecule is CCCCCCCCCCCCCCCCCC[N+](C)(CCC[Si](OC)(OC)OC)CCC[Si](OC)(OC)OC.[Cl-]. The van der Waals surface area contributed by atoms with Crippen LogP contribution in [-0.2, 0) is 26.6 Å². The predicted octanol–water partition coefficient (Wildman–Crippen LogP) is 5.23.